The van der Waals surface area contributed by atoms with Crippen LogP contribution >= 0.6 is 0 Å². The molecule has 148 valence electrons. The maximum absolute atomic E-state index is 12.9. The van der Waals surface area contributed by atoms with Crippen LogP contribution in [0.1, 0.15) is 17.2 Å². The van der Waals surface area contributed by atoms with Crippen LogP contribution in [0.3, 0.4) is 0 Å². The minimum atomic E-state index is -3.49. The molecule has 6 heteroatoms. The summed E-state index contributed by atoms with van der Waals surface area (Å²) in [5, 5.41) is 0. The number of likely N-dealkylation sites (N-methyl/N-ethyl adjacent to an activating group) is 1. The molecule has 1 fully saturated rings. The van der Waals surface area contributed by atoms with Crippen molar-refractivity contribution >= 4 is 15.9 Å². The molecule has 0 aliphatic carbocycles. The maximum atomic E-state index is 12.9. The summed E-state index contributed by atoms with van der Waals surface area (Å²) >= 11 is 0. The van der Waals surface area contributed by atoms with Crippen LogP contribution in [0.5, 0.6) is 0 Å². The highest BCUT2D eigenvalue weighted by Crippen LogP contribution is 2.28. The lowest BCUT2D eigenvalue weighted by Gasteiger charge is -2.17. The van der Waals surface area contributed by atoms with Crippen molar-refractivity contribution in [2.24, 2.45) is 0 Å². The van der Waals surface area contributed by atoms with Crippen LogP contribution in [-0.2, 0) is 20.3 Å². The Kier molecular flexibility index (Phi) is 5.11. The van der Waals surface area contributed by atoms with E-state index < -0.39 is 9.84 Å². The van der Waals surface area contributed by atoms with Crippen LogP contribution in [0, 0.1) is 0 Å². The molecule has 5 nitrogen and oxygen atoms in total. The summed E-state index contributed by atoms with van der Waals surface area (Å²) in [6.45, 7) is 0.270. The molecule has 4 rings (SSSR count). The largest absolute Gasteiger partial charge is 0.447 e. The summed E-state index contributed by atoms with van der Waals surface area (Å²) in [5.41, 5.74) is 3.56. The minimum Gasteiger partial charge on any atom is -0.447 e. The van der Waals surface area contributed by atoms with E-state index in [9.17, 15) is 13.2 Å². The molecule has 3 aromatic rings. The van der Waals surface area contributed by atoms with Gasteiger partial charge in [0.05, 0.1) is 16.7 Å². The summed E-state index contributed by atoms with van der Waals surface area (Å²) in [6, 6.07) is 23.9. The maximum Gasteiger partial charge on any atom is 0.410 e. The van der Waals surface area contributed by atoms with E-state index >= 15 is 0 Å². The zero-order valence-electron chi connectivity index (χ0n) is 16.0. The standard InChI is InChI=1S/C23H21NO4S/c1-24-22(15-28-23(24)25)20-9-5-6-17(14-20)16-29(26,27)21-12-10-19(11-13-21)18-7-3-2-4-8-18/h2-14,22H,15-16H2,1H3/t22-/m0/s1. The molecule has 0 spiro atoms. The van der Waals surface area contributed by atoms with E-state index in [4.69, 9.17) is 4.74 Å². The van der Waals surface area contributed by atoms with Crippen molar-refractivity contribution in [1.29, 1.82) is 0 Å². The van der Waals surface area contributed by atoms with E-state index in [1.165, 1.54) is 4.90 Å². The Hall–Kier alpha value is -3.12. The number of carbonyl (C=O) groups is 1. The van der Waals surface area contributed by atoms with Gasteiger partial charge in [0.2, 0.25) is 0 Å². The van der Waals surface area contributed by atoms with E-state index in [2.05, 4.69) is 0 Å². The number of rotatable bonds is 5. The van der Waals surface area contributed by atoms with Crippen molar-refractivity contribution in [3.8, 4) is 11.1 Å². The highest BCUT2D eigenvalue weighted by atomic mass is 32.2. The first-order valence-corrected chi connectivity index (χ1v) is 11.0. The number of benzene rings is 3. The topological polar surface area (TPSA) is 63.7 Å². The number of ether oxygens (including phenoxy) is 1. The molecule has 29 heavy (non-hydrogen) atoms. The number of sulfone groups is 1. The normalized spacial score (nSPS) is 16.7. The van der Waals surface area contributed by atoms with Gasteiger partial charge in [0, 0.05) is 7.05 Å². The van der Waals surface area contributed by atoms with Crippen molar-refractivity contribution in [2.45, 2.75) is 16.7 Å². The Balaban J connectivity index is 1.55. The summed E-state index contributed by atoms with van der Waals surface area (Å²) < 4.78 is 30.9. The first kappa shape index (κ1) is 19.2. The molecule has 1 saturated heterocycles. The van der Waals surface area contributed by atoms with Gasteiger partial charge in [-0.2, -0.15) is 0 Å². The van der Waals surface area contributed by atoms with Crippen LogP contribution in [0.4, 0.5) is 4.79 Å². The number of hydrogen-bond donors (Lipinski definition) is 0. The molecule has 3 aromatic carbocycles. The number of amides is 1. The van der Waals surface area contributed by atoms with E-state index in [-0.39, 0.29) is 24.5 Å². The lowest BCUT2D eigenvalue weighted by Crippen LogP contribution is -2.22. The fourth-order valence-electron chi connectivity index (χ4n) is 3.49. The third-order valence-corrected chi connectivity index (χ3v) is 6.84. The molecule has 0 radical (unpaired) electrons. The van der Waals surface area contributed by atoms with E-state index in [1.807, 2.05) is 60.7 Å². The monoisotopic (exact) mass is 407 g/mol. The molecule has 1 aliphatic heterocycles. The molecule has 0 saturated carbocycles. The van der Waals surface area contributed by atoms with Crippen molar-refractivity contribution in [3.63, 3.8) is 0 Å². The zero-order chi connectivity index (χ0) is 20.4. The summed E-state index contributed by atoms with van der Waals surface area (Å²) in [5.74, 6) is -0.100. The van der Waals surface area contributed by atoms with Gasteiger partial charge in [-0.3, -0.25) is 0 Å². The minimum absolute atomic E-state index is 0.100. The molecule has 1 aliphatic rings. The van der Waals surface area contributed by atoms with Crippen LogP contribution in [-0.4, -0.2) is 33.1 Å². The number of cyclic esters (lactones) is 1. The Labute approximate surface area is 170 Å². The van der Waals surface area contributed by atoms with Crippen molar-refractivity contribution in [2.75, 3.05) is 13.7 Å². The summed E-state index contributed by atoms with van der Waals surface area (Å²) in [7, 11) is -1.81. The molecule has 1 amide bonds. The quantitative estimate of drug-likeness (QED) is 0.627. The SMILES string of the molecule is CN1C(=O)OC[C@H]1c1cccc(CS(=O)(=O)c2ccc(-c3ccccc3)cc2)c1. The van der Waals surface area contributed by atoms with Gasteiger partial charge in [-0.15, -0.1) is 0 Å². The molecule has 0 N–H and O–H groups in total. The third kappa shape index (κ3) is 4.03. The number of nitrogens with zero attached hydrogens (tertiary/aromatic N) is 1. The fraction of sp³-hybridized carbons (Fsp3) is 0.174. The Morgan fingerprint density at radius 2 is 1.62 bits per heavy atom. The van der Waals surface area contributed by atoms with E-state index in [0.717, 1.165) is 16.7 Å². The highest BCUT2D eigenvalue weighted by molar-refractivity contribution is 7.90. The molecule has 0 unspecified atom stereocenters. The van der Waals surface area contributed by atoms with Crippen molar-refractivity contribution in [3.05, 3.63) is 90.0 Å². The average molecular weight is 407 g/mol. The van der Waals surface area contributed by atoms with Gasteiger partial charge in [0.1, 0.15) is 6.61 Å². The van der Waals surface area contributed by atoms with Crippen molar-refractivity contribution in [1.82, 2.24) is 4.90 Å². The van der Waals surface area contributed by atoms with Gasteiger partial charge in [0.15, 0.2) is 9.84 Å². The fourth-order valence-corrected chi connectivity index (χ4v) is 4.82. The van der Waals surface area contributed by atoms with Crippen LogP contribution in [0.2, 0.25) is 0 Å². The lowest BCUT2D eigenvalue weighted by molar-refractivity contribution is 0.163. The summed E-state index contributed by atoms with van der Waals surface area (Å²) in [6.07, 6.45) is -0.369. The second-order valence-corrected chi connectivity index (χ2v) is 9.09. The van der Waals surface area contributed by atoms with Gasteiger partial charge < -0.3 is 9.64 Å². The smallest absolute Gasteiger partial charge is 0.410 e. The molecular weight excluding hydrogens is 386 g/mol. The molecule has 1 heterocycles. The Bertz CT molecular complexity index is 1130. The first-order chi connectivity index (χ1) is 13.9. The van der Waals surface area contributed by atoms with E-state index in [1.54, 1.807) is 25.2 Å². The highest BCUT2D eigenvalue weighted by Gasteiger charge is 2.31. The Morgan fingerprint density at radius 3 is 2.28 bits per heavy atom. The second kappa shape index (κ2) is 7.72. The third-order valence-electron chi connectivity index (χ3n) is 5.13. The molecule has 0 bridgehead atoms. The number of hydrogen-bond acceptors (Lipinski definition) is 4. The molecule has 0 aromatic heterocycles. The van der Waals surface area contributed by atoms with Gasteiger partial charge >= 0.3 is 6.09 Å². The Morgan fingerprint density at radius 1 is 0.931 bits per heavy atom. The average Bonchev–Trinajstić information content (AvgIpc) is 3.07. The van der Waals surface area contributed by atoms with Crippen LogP contribution in [0.25, 0.3) is 11.1 Å². The second-order valence-electron chi connectivity index (χ2n) is 7.10. The van der Waals surface area contributed by atoms with Gasteiger partial charge in [0.25, 0.3) is 0 Å². The first-order valence-electron chi connectivity index (χ1n) is 9.31. The van der Waals surface area contributed by atoms with Crippen LogP contribution < -0.4 is 0 Å². The van der Waals surface area contributed by atoms with Crippen molar-refractivity contribution < 1.29 is 17.9 Å². The lowest BCUT2D eigenvalue weighted by atomic mass is 10.0. The van der Waals surface area contributed by atoms with Gasteiger partial charge in [-0.25, -0.2) is 13.2 Å². The zero-order valence-corrected chi connectivity index (χ0v) is 16.8. The molecular formula is C23H21NO4S. The predicted molar refractivity (Wildman–Crippen MR) is 111 cm³/mol. The number of carbonyl (C=O) groups excluding carboxylic acids is 1. The van der Waals surface area contributed by atoms with Crippen LogP contribution in [0.15, 0.2) is 83.8 Å². The van der Waals surface area contributed by atoms with E-state index in [0.29, 0.717) is 10.5 Å². The molecule has 1 atom stereocenters. The summed E-state index contributed by atoms with van der Waals surface area (Å²) in [4.78, 5) is 13.4. The van der Waals surface area contributed by atoms with Gasteiger partial charge in [-0.1, -0.05) is 66.7 Å². The van der Waals surface area contributed by atoms with Gasteiger partial charge in [-0.05, 0) is 34.4 Å². The predicted octanol–water partition coefficient (Wildman–Crippen LogP) is 4.45.